The zero-order valence-corrected chi connectivity index (χ0v) is 24.3. The molecule has 2 aromatic carbocycles. The van der Waals surface area contributed by atoms with Gasteiger partial charge in [-0.25, -0.2) is 9.37 Å². The maximum absolute atomic E-state index is 14.7. The molecule has 2 amide bonds. The topological polar surface area (TPSA) is 102 Å². The van der Waals surface area contributed by atoms with Crippen molar-refractivity contribution in [3.05, 3.63) is 64.6 Å². The number of nitrogens with zero attached hydrogens (tertiary/aromatic N) is 4. The first-order valence-corrected chi connectivity index (χ1v) is 14.3. The Morgan fingerprint density at radius 3 is 2.61 bits per heavy atom. The fraction of sp³-hybridized carbons (Fsp3) is 0.400. The van der Waals surface area contributed by atoms with E-state index in [1.165, 1.54) is 31.4 Å². The third-order valence-corrected chi connectivity index (χ3v) is 8.07. The second-order valence-corrected chi connectivity index (χ2v) is 11.5. The minimum atomic E-state index is -0.623. The number of rotatable bonds is 7. The molecule has 11 heteroatoms. The van der Waals surface area contributed by atoms with Gasteiger partial charge in [0, 0.05) is 25.0 Å². The van der Waals surface area contributed by atoms with Gasteiger partial charge >= 0.3 is 0 Å². The Morgan fingerprint density at radius 2 is 1.85 bits per heavy atom. The van der Waals surface area contributed by atoms with Crippen molar-refractivity contribution in [2.75, 3.05) is 48.8 Å². The Labute approximate surface area is 244 Å². The lowest BCUT2D eigenvalue weighted by molar-refractivity contribution is -0.119. The van der Waals surface area contributed by atoms with Gasteiger partial charge in [0.1, 0.15) is 10.8 Å². The van der Waals surface area contributed by atoms with Crippen molar-refractivity contribution in [1.82, 2.24) is 20.2 Å². The normalized spacial score (nSPS) is 16.6. The van der Waals surface area contributed by atoms with Crippen LogP contribution in [0.25, 0.3) is 0 Å². The van der Waals surface area contributed by atoms with E-state index in [2.05, 4.69) is 50.7 Å². The number of benzene rings is 2. The minimum absolute atomic E-state index is 0.0437. The van der Waals surface area contributed by atoms with E-state index >= 15 is 0 Å². The molecule has 1 fully saturated rings. The lowest BCUT2D eigenvalue weighted by Crippen LogP contribution is -2.40. The summed E-state index contributed by atoms with van der Waals surface area (Å²) >= 11 is 6.35. The number of hydrogen-bond donors (Lipinski definition) is 3. The molecule has 0 unspecified atom stereocenters. The molecule has 0 spiro atoms. The van der Waals surface area contributed by atoms with Crippen LogP contribution in [0.5, 0.6) is 0 Å². The van der Waals surface area contributed by atoms with E-state index in [0.717, 1.165) is 50.0 Å². The van der Waals surface area contributed by atoms with Gasteiger partial charge in [-0.1, -0.05) is 37.6 Å². The SMILES string of the molecule is CNC(=O)c1cccc(F)c1Nc1nc(Nc2ccc3c(c2)N(C(=O)CN2CCCC2)CCCC3(C)C)ncc1Cl. The summed E-state index contributed by atoms with van der Waals surface area (Å²) in [5.41, 5.74) is 2.69. The highest BCUT2D eigenvalue weighted by Crippen LogP contribution is 2.41. The molecule has 9 nitrogen and oxygen atoms in total. The number of likely N-dealkylation sites (tertiary alicyclic amines) is 1. The molecule has 1 saturated heterocycles. The number of halogens is 2. The van der Waals surface area contributed by atoms with E-state index in [1.807, 2.05) is 17.0 Å². The van der Waals surface area contributed by atoms with Crippen LogP contribution < -0.4 is 20.9 Å². The number of para-hydroxylation sites is 1. The fourth-order valence-corrected chi connectivity index (χ4v) is 5.69. The van der Waals surface area contributed by atoms with Gasteiger partial charge < -0.3 is 20.9 Å². The average molecular weight is 580 g/mol. The third kappa shape index (κ3) is 6.28. The number of hydrogen-bond acceptors (Lipinski definition) is 7. The maximum atomic E-state index is 14.7. The first-order chi connectivity index (χ1) is 19.7. The van der Waals surface area contributed by atoms with Crippen molar-refractivity contribution in [2.24, 2.45) is 0 Å². The summed E-state index contributed by atoms with van der Waals surface area (Å²) in [6.07, 6.45) is 5.56. The fourth-order valence-electron chi connectivity index (χ4n) is 5.55. The third-order valence-electron chi connectivity index (χ3n) is 7.79. The molecule has 2 aliphatic heterocycles. The molecule has 216 valence electrons. The van der Waals surface area contributed by atoms with Gasteiger partial charge in [-0.2, -0.15) is 4.98 Å². The molecule has 1 aromatic heterocycles. The van der Waals surface area contributed by atoms with E-state index in [-0.39, 0.29) is 39.4 Å². The Morgan fingerprint density at radius 1 is 1.07 bits per heavy atom. The highest BCUT2D eigenvalue weighted by atomic mass is 35.5. The molecular weight excluding hydrogens is 545 g/mol. The van der Waals surface area contributed by atoms with Crippen LogP contribution in [-0.4, -0.2) is 59.9 Å². The zero-order valence-electron chi connectivity index (χ0n) is 23.6. The van der Waals surface area contributed by atoms with Crippen LogP contribution in [0.1, 0.15) is 55.5 Å². The molecular formula is C30H35ClFN7O2. The molecule has 0 saturated carbocycles. The van der Waals surface area contributed by atoms with Crippen LogP contribution in [0.4, 0.5) is 33.2 Å². The molecule has 2 aliphatic rings. The number of anilines is 5. The van der Waals surface area contributed by atoms with Crippen LogP contribution in [0.2, 0.25) is 5.02 Å². The van der Waals surface area contributed by atoms with Crippen LogP contribution in [0.15, 0.2) is 42.6 Å². The van der Waals surface area contributed by atoms with E-state index < -0.39 is 11.7 Å². The number of nitrogens with one attached hydrogen (secondary N) is 3. The summed E-state index contributed by atoms with van der Waals surface area (Å²) in [7, 11) is 1.47. The standard InChI is InChI=1S/C30H35ClFN7O2/c1-30(2)12-7-15-39(25(40)18-38-13-4-5-14-38)24-16-19(10-11-21(24)30)35-29-34-17-22(31)27(37-29)36-26-20(28(41)33-3)8-6-9-23(26)32/h6,8-11,16-17H,4-5,7,12-15,18H2,1-3H3,(H,33,41)(H2,34,35,36,37). The van der Waals surface area contributed by atoms with Crippen molar-refractivity contribution < 1.29 is 14.0 Å². The predicted molar refractivity (Wildman–Crippen MR) is 160 cm³/mol. The number of amides is 2. The van der Waals surface area contributed by atoms with Crippen molar-refractivity contribution >= 4 is 52.2 Å². The number of fused-ring (bicyclic) bond motifs is 1. The van der Waals surface area contributed by atoms with Crippen LogP contribution in [0, 0.1) is 5.82 Å². The van der Waals surface area contributed by atoms with E-state index in [1.54, 1.807) is 0 Å². The second kappa shape index (κ2) is 12.0. The first kappa shape index (κ1) is 28.8. The van der Waals surface area contributed by atoms with E-state index in [0.29, 0.717) is 18.8 Å². The average Bonchev–Trinajstić information content (AvgIpc) is 3.41. The molecule has 0 aliphatic carbocycles. The summed E-state index contributed by atoms with van der Waals surface area (Å²) in [5, 5.41) is 8.73. The number of carbonyl (C=O) groups excluding carboxylic acids is 2. The lowest BCUT2D eigenvalue weighted by Gasteiger charge is -2.29. The Balaban J connectivity index is 1.44. The largest absolute Gasteiger partial charge is 0.355 e. The summed E-state index contributed by atoms with van der Waals surface area (Å²) < 4.78 is 14.7. The van der Waals surface area contributed by atoms with Gasteiger partial charge in [0.15, 0.2) is 5.82 Å². The van der Waals surface area contributed by atoms with Gasteiger partial charge in [-0.3, -0.25) is 14.5 Å². The number of aromatic nitrogens is 2. The Bertz CT molecular complexity index is 1460. The molecule has 41 heavy (non-hydrogen) atoms. The van der Waals surface area contributed by atoms with Gasteiger partial charge in [0.2, 0.25) is 11.9 Å². The molecule has 0 bridgehead atoms. The highest BCUT2D eigenvalue weighted by molar-refractivity contribution is 6.33. The molecule has 3 aromatic rings. The smallest absolute Gasteiger partial charge is 0.253 e. The molecule has 3 N–H and O–H groups in total. The molecule has 5 rings (SSSR count). The summed E-state index contributed by atoms with van der Waals surface area (Å²) in [4.78, 5) is 38.7. The Hall–Kier alpha value is -3.76. The molecule has 0 atom stereocenters. The monoisotopic (exact) mass is 579 g/mol. The number of carbonyl (C=O) groups is 2. The van der Waals surface area contributed by atoms with Gasteiger partial charge in [-0.05, 0) is 74.0 Å². The summed E-state index contributed by atoms with van der Waals surface area (Å²) in [5.74, 6) is -0.612. The van der Waals surface area contributed by atoms with Crippen LogP contribution in [-0.2, 0) is 10.2 Å². The van der Waals surface area contributed by atoms with Crippen molar-refractivity contribution in [2.45, 2.75) is 44.9 Å². The zero-order chi connectivity index (χ0) is 29.1. The van der Waals surface area contributed by atoms with Crippen LogP contribution >= 0.6 is 11.6 Å². The van der Waals surface area contributed by atoms with E-state index in [9.17, 15) is 14.0 Å². The van der Waals surface area contributed by atoms with Crippen molar-refractivity contribution in [3.8, 4) is 0 Å². The van der Waals surface area contributed by atoms with Gasteiger partial charge in [0.05, 0.1) is 24.0 Å². The van der Waals surface area contributed by atoms with Gasteiger partial charge in [-0.15, -0.1) is 0 Å². The van der Waals surface area contributed by atoms with Crippen molar-refractivity contribution in [3.63, 3.8) is 0 Å². The van der Waals surface area contributed by atoms with Crippen molar-refractivity contribution in [1.29, 1.82) is 0 Å². The lowest BCUT2D eigenvalue weighted by atomic mass is 9.80. The van der Waals surface area contributed by atoms with Crippen LogP contribution in [0.3, 0.4) is 0 Å². The predicted octanol–water partition coefficient (Wildman–Crippen LogP) is 5.62. The molecule has 3 heterocycles. The summed E-state index contributed by atoms with van der Waals surface area (Å²) in [6.45, 7) is 7.42. The highest BCUT2D eigenvalue weighted by Gasteiger charge is 2.32. The first-order valence-electron chi connectivity index (χ1n) is 13.9. The molecule has 0 radical (unpaired) electrons. The minimum Gasteiger partial charge on any atom is -0.355 e. The van der Waals surface area contributed by atoms with Gasteiger partial charge in [0.25, 0.3) is 5.91 Å². The Kier molecular flexibility index (Phi) is 8.42. The summed E-state index contributed by atoms with van der Waals surface area (Å²) in [6, 6.07) is 10.2. The quantitative estimate of drug-likeness (QED) is 0.334. The van der Waals surface area contributed by atoms with E-state index in [4.69, 9.17) is 11.6 Å². The second-order valence-electron chi connectivity index (χ2n) is 11.1. The maximum Gasteiger partial charge on any atom is 0.253 e.